The Balaban J connectivity index is 2.50. The Morgan fingerprint density at radius 2 is 2.20 bits per heavy atom. The highest BCUT2D eigenvalue weighted by atomic mass is 16.6. The van der Waals surface area contributed by atoms with Crippen LogP contribution in [-0.2, 0) is 4.84 Å². The van der Waals surface area contributed by atoms with E-state index in [0.717, 1.165) is 44.5 Å². The Morgan fingerprint density at radius 1 is 1.53 bits per heavy atom. The van der Waals surface area contributed by atoms with Crippen LogP contribution in [0.5, 0.6) is 0 Å². The fourth-order valence-corrected chi connectivity index (χ4v) is 1.76. The van der Waals surface area contributed by atoms with E-state index in [2.05, 4.69) is 23.8 Å². The minimum atomic E-state index is 0.480. The molecule has 0 radical (unpaired) electrons. The Bertz CT molecular complexity index is 232. The highest BCUT2D eigenvalue weighted by Gasteiger charge is 2.16. The number of allylic oxidation sites excluding steroid dienone is 1. The first-order chi connectivity index (χ1) is 7.27. The largest absolute Gasteiger partial charge is 0.396 e. The molecule has 1 rings (SSSR count). The van der Waals surface area contributed by atoms with Gasteiger partial charge in [-0.3, -0.25) is 0 Å². The first-order valence-corrected chi connectivity index (χ1v) is 5.61. The molecule has 0 spiro atoms. The van der Waals surface area contributed by atoms with E-state index >= 15 is 0 Å². The van der Waals surface area contributed by atoms with Gasteiger partial charge in [0, 0.05) is 18.0 Å². The number of hydrogen-bond donors (Lipinski definition) is 2. The smallest absolute Gasteiger partial charge is 0.213 e. The van der Waals surface area contributed by atoms with Gasteiger partial charge < -0.3 is 10.2 Å². The lowest BCUT2D eigenvalue weighted by Gasteiger charge is -2.22. The number of nitrogens with one attached hydrogen (secondary N) is 1. The monoisotopic (exact) mass is 211 g/mol. The summed E-state index contributed by atoms with van der Waals surface area (Å²) in [4.78, 5) is 9.08. The van der Waals surface area contributed by atoms with Gasteiger partial charge in [-0.2, -0.15) is 5.90 Å². The van der Waals surface area contributed by atoms with Crippen LogP contribution < -0.4 is 11.2 Å². The first-order valence-electron chi connectivity index (χ1n) is 5.61. The summed E-state index contributed by atoms with van der Waals surface area (Å²) in [6.07, 6.45) is 3.97. The van der Waals surface area contributed by atoms with Gasteiger partial charge in [0.15, 0.2) is 0 Å². The molecule has 1 heterocycles. The van der Waals surface area contributed by atoms with Crippen LogP contribution in [0, 0.1) is 5.92 Å². The van der Waals surface area contributed by atoms with Gasteiger partial charge in [-0.1, -0.05) is 13.5 Å². The first kappa shape index (κ1) is 12.2. The summed E-state index contributed by atoms with van der Waals surface area (Å²) in [6, 6.07) is 0. The summed E-state index contributed by atoms with van der Waals surface area (Å²) in [5.74, 6) is 6.23. The van der Waals surface area contributed by atoms with Crippen molar-refractivity contribution in [1.29, 1.82) is 0 Å². The van der Waals surface area contributed by atoms with E-state index in [1.165, 1.54) is 0 Å². The lowest BCUT2D eigenvalue weighted by Crippen LogP contribution is -2.28. The third kappa shape index (κ3) is 4.01. The second-order valence-electron chi connectivity index (χ2n) is 3.89. The van der Waals surface area contributed by atoms with E-state index in [4.69, 9.17) is 10.7 Å². The lowest BCUT2D eigenvalue weighted by molar-refractivity contribution is 0.308. The number of piperidine rings is 1. The molecule has 0 bridgehead atoms. The lowest BCUT2D eigenvalue weighted by atomic mass is 9.95. The summed E-state index contributed by atoms with van der Waals surface area (Å²) < 4.78 is 0. The molecule has 1 aliphatic rings. The third-order valence-corrected chi connectivity index (χ3v) is 2.68. The van der Waals surface area contributed by atoms with E-state index in [0.29, 0.717) is 11.8 Å². The molecule has 4 nitrogen and oxygen atoms in total. The van der Waals surface area contributed by atoms with E-state index in [-0.39, 0.29) is 0 Å². The maximum atomic E-state index is 5.15. The number of nitrogens with zero attached hydrogens (tertiary/aromatic N) is 1. The van der Waals surface area contributed by atoms with Crippen molar-refractivity contribution in [3.63, 3.8) is 0 Å². The predicted molar refractivity (Wildman–Crippen MR) is 62.3 cm³/mol. The van der Waals surface area contributed by atoms with Crippen molar-refractivity contribution in [2.24, 2.45) is 16.8 Å². The maximum Gasteiger partial charge on any atom is 0.213 e. The molecule has 15 heavy (non-hydrogen) atoms. The van der Waals surface area contributed by atoms with Crippen molar-refractivity contribution in [2.75, 3.05) is 13.1 Å². The highest BCUT2D eigenvalue weighted by molar-refractivity contribution is 5.76. The predicted octanol–water partition coefficient (Wildman–Crippen LogP) is 1.59. The van der Waals surface area contributed by atoms with Crippen molar-refractivity contribution in [3.8, 4) is 0 Å². The van der Waals surface area contributed by atoms with Crippen LogP contribution in [0.15, 0.2) is 17.3 Å². The molecular formula is C11H21N3O. The molecule has 1 saturated heterocycles. The van der Waals surface area contributed by atoms with Gasteiger partial charge in [0.05, 0.1) is 0 Å². The Labute approximate surface area is 91.5 Å². The van der Waals surface area contributed by atoms with Crippen LogP contribution in [0.4, 0.5) is 0 Å². The van der Waals surface area contributed by atoms with Crippen LogP contribution in [0.25, 0.3) is 0 Å². The van der Waals surface area contributed by atoms with Crippen LogP contribution in [0.2, 0.25) is 0 Å². The fourth-order valence-electron chi connectivity index (χ4n) is 1.76. The molecule has 0 aromatic heterocycles. The zero-order valence-electron chi connectivity index (χ0n) is 9.46. The van der Waals surface area contributed by atoms with Gasteiger partial charge in [0.1, 0.15) is 0 Å². The van der Waals surface area contributed by atoms with Crippen molar-refractivity contribution in [1.82, 2.24) is 5.32 Å². The van der Waals surface area contributed by atoms with Crippen LogP contribution in [0.3, 0.4) is 0 Å². The molecule has 0 atom stereocenters. The summed E-state index contributed by atoms with van der Waals surface area (Å²) >= 11 is 0. The standard InChI is InChI=1S/C11H21N3O/c1-3-4-11(15-12)14-9(2)10-5-7-13-8-6-10/h10,13H,2-8,12H2,1H3/b14-11-. The molecule has 0 aromatic rings. The third-order valence-electron chi connectivity index (χ3n) is 2.68. The Hall–Kier alpha value is -0.870. The maximum absolute atomic E-state index is 5.15. The van der Waals surface area contributed by atoms with Gasteiger partial charge >= 0.3 is 0 Å². The van der Waals surface area contributed by atoms with Crippen LogP contribution in [-0.4, -0.2) is 19.0 Å². The molecule has 0 unspecified atom stereocenters. The summed E-state index contributed by atoms with van der Waals surface area (Å²) in [6.45, 7) is 8.16. The average Bonchev–Trinajstić information content (AvgIpc) is 2.29. The molecule has 0 amide bonds. The average molecular weight is 211 g/mol. The van der Waals surface area contributed by atoms with Gasteiger partial charge in [0.25, 0.3) is 0 Å². The summed E-state index contributed by atoms with van der Waals surface area (Å²) in [7, 11) is 0. The quantitative estimate of drug-likeness (QED) is 0.422. The van der Waals surface area contributed by atoms with Crippen molar-refractivity contribution >= 4 is 5.90 Å². The number of aliphatic imine (C=N–C) groups is 1. The molecule has 86 valence electrons. The van der Waals surface area contributed by atoms with E-state index in [1.807, 2.05) is 0 Å². The van der Waals surface area contributed by atoms with Crippen molar-refractivity contribution < 1.29 is 4.84 Å². The molecule has 0 saturated carbocycles. The fraction of sp³-hybridized carbons (Fsp3) is 0.727. The topological polar surface area (TPSA) is 59.6 Å². The molecule has 1 fully saturated rings. The molecule has 4 heteroatoms. The zero-order chi connectivity index (χ0) is 11.1. The van der Waals surface area contributed by atoms with Gasteiger partial charge in [0.2, 0.25) is 5.90 Å². The number of rotatable bonds is 4. The van der Waals surface area contributed by atoms with Gasteiger partial charge in [-0.05, 0) is 32.4 Å². The van der Waals surface area contributed by atoms with Crippen molar-refractivity contribution in [3.05, 3.63) is 12.3 Å². The minimum Gasteiger partial charge on any atom is -0.396 e. The number of hydrogen-bond acceptors (Lipinski definition) is 4. The molecule has 0 aliphatic carbocycles. The van der Waals surface area contributed by atoms with E-state index in [1.54, 1.807) is 0 Å². The SMILES string of the molecule is C=C(/N=C(/CCC)ON)C1CCNCC1. The van der Waals surface area contributed by atoms with E-state index in [9.17, 15) is 0 Å². The van der Waals surface area contributed by atoms with Gasteiger partial charge in [-0.25, -0.2) is 4.99 Å². The molecule has 0 aromatic carbocycles. The number of nitrogens with two attached hydrogens (primary N) is 1. The molecule has 1 aliphatic heterocycles. The van der Waals surface area contributed by atoms with Crippen LogP contribution in [0.1, 0.15) is 32.6 Å². The molecular weight excluding hydrogens is 190 g/mol. The summed E-state index contributed by atoms with van der Waals surface area (Å²) in [5, 5.41) is 3.32. The molecule has 3 N–H and O–H groups in total. The second kappa shape index (κ2) is 6.58. The van der Waals surface area contributed by atoms with E-state index < -0.39 is 0 Å². The summed E-state index contributed by atoms with van der Waals surface area (Å²) in [5.41, 5.74) is 0.908. The Kier molecular flexibility index (Phi) is 5.36. The Morgan fingerprint density at radius 3 is 2.73 bits per heavy atom. The minimum absolute atomic E-state index is 0.480. The second-order valence-corrected chi connectivity index (χ2v) is 3.89. The normalized spacial score (nSPS) is 18.9. The van der Waals surface area contributed by atoms with Gasteiger partial charge in [-0.15, -0.1) is 0 Å². The van der Waals surface area contributed by atoms with Crippen LogP contribution >= 0.6 is 0 Å². The highest BCUT2D eigenvalue weighted by Crippen LogP contribution is 2.21. The zero-order valence-corrected chi connectivity index (χ0v) is 9.46. The van der Waals surface area contributed by atoms with Crippen molar-refractivity contribution in [2.45, 2.75) is 32.6 Å².